The van der Waals surface area contributed by atoms with E-state index in [1.165, 1.54) is 16.7 Å². The second-order valence-corrected chi connectivity index (χ2v) is 4.24. The van der Waals surface area contributed by atoms with Gasteiger partial charge in [-0.3, -0.25) is 0 Å². The Bertz CT molecular complexity index is 498. The third kappa shape index (κ3) is 2.56. The quantitative estimate of drug-likeness (QED) is 0.564. The fraction of sp³-hybridized carbons (Fsp3) is 0.0667. The number of thiol groups is 1. The third-order valence-electron chi connectivity index (χ3n) is 2.51. The van der Waals surface area contributed by atoms with Crippen LogP contribution in [0.4, 0.5) is 0 Å². The molecular formula is C15H14S. The molecule has 0 aromatic heterocycles. The summed E-state index contributed by atoms with van der Waals surface area (Å²) in [5, 5.41) is 0. The zero-order valence-corrected chi connectivity index (χ0v) is 10.1. The number of hydrogen-bond donors (Lipinski definition) is 1. The van der Waals surface area contributed by atoms with Gasteiger partial charge in [-0.2, -0.15) is 0 Å². The molecule has 0 nitrogen and oxygen atoms in total. The van der Waals surface area contributed by atoms with Gasteiger partial charge in [0.05, 0.1) is 0 Å². The van der Waals surface area contributed by atoms with Crippen molar-refractivity contribution in [1.82, 2.24) is 0 Å². The van der Waals surface area contributed by atoms with Crippen molar-refractivity contribution in [2.24, 2.45) is 0 Å². The van der Waals surface area contributed by atoms with Crippen LogP contribution < -0.4 is 0 Å². The lowest BCUT2D eigenvalue weighted by Crippen LogP contribution is -1.82. The molecule has 2 aromatic carbocycles. The molecule has 0 atom stereocenters. The highest BCUT2D eigenvalue weighted by Gasteiger charge is 1.99. The molecule has 0 N–H and O–H groups in total. The monoisotopic (exact) mass is 226 g/mol. The van der Waals surface area contributed by atoms with Gasteiger partial charge in [-0.1, -0.05) is 54.6 Å². The summed E-state index contributed by atoms with van der Waals surface area (Å²) in [6, 6.07) is 18.5. The van der Waals surface area contributed by atoms with Crippen LogP contribution in [0.5, 0.6) is 0 Å². The fourth-order valence-electron chi connectivity index (χ4n) is 1.68. The zero-order valence-electron chi connectivity index (χ0n) is 9.22. The van der Waals surface area contributed by atoms with Crippen molar-refractivity contribution in [3.8, 4) is 0 Å². The molecule has 0 bridgehead atoms. The van der Waals surface area contributed by atoms with E-state index in [0.717, 1.165) is 4.90 Å². The van der Waals surface area contributed by atoms with Gasteiger partial charge in [-0.25, -0.2) is 0 Å². The molecule has 1 heteroatoms. The van der Waals surface area contributed by atoms with E-state index in [-0.39, 0.29) is 0 Å². The lowest BCUT2D eigenvalue weighted by atomic mass is 10.0. The van der Waals surface area contributed by atoms with E-state index in [0.29, 0.717) is 0 Å². The van der Waals surface area contributed by atoms with Crippen LogP contribution in [0.3, 0.4) is 0 Å². The van der Waals surface area contributed by atoms with Crippen molar-refractivity contribution in [3.05, 3.63) is 65.7 Å². The molecule has 0 spiro atoms. The van der Waals surface area contributed by atoms with Crippen molar-refractivity contribution in [1.29, 1.82) is 0 Å². The first kappa shape index (κ1) is 11.0. The molecule has 80 valence electrons. The van der Waals surface area contributed by atoms with Gasteiger partial charge in [0.25, 0.3) is 0 Å². The first-order valence-electron chi connectivity index (χ1n) is 5.29. The topological polar surface area (TPSA) is 0 Å². The van der Waals surface area contributed by atoms with E-state index >= 15 is 0 Å². The average molecular weight is 226 g/mol. The van der Waals surface area contributed by atoms with Gasteiger partial charge in [0.1, 0.15) is 0 Å². The molecule has 0 heterocycles. The Balaban J connectivity index is 2.36. The molecule has 0 aliphatic carbocycles. The van der Waals surface area contributed by atoms with Crippen LogP contribution in [0.25, 0.3) is 11.6 Å². The molecule has 0 unspecified atom stereocenters. The van der Waals surface area contributed by atoms with Crippen LogP contribution in [0, 0.1) is 0 Å². The van der Waals surface area contributed by atoms with E-state index in [1.807, 2.05) is 36.4 Å². The highest BCUT2D eigenvalue weighted by Crippen LogP contribution is 2.23. The number of hydrogen-bond acceptors (Lipinski definition) is 1. The average Bonchev–Trinajstić information content (AvgIpc) is 2.31. The van der Waals surface area contributed by atoms with Crippen LogP contribution in [-0.2, 0) is 0 Å². The van der Waals surface area contributed by atoms with E-state index in [9.17, 15) is 0 Å². The van der Waals surface area contributed by atoms with Gasteiger partial charge in [0.15, 0.2) is 0 Å². The van der Waals surface area contributed by atoms with Crippen LogP contribution in [0.1, 0.15) is 18.1 Å². The van der Waals surface area contributed by atoms with Crippen LogP contribution in [0.15, 0.2) is 59.5 Å². The maximum absolute atomic E-state index is 4.46. The van der Waals surface area contributed by atoms with Gasteiger partial charge in [-0.05, 0) is 29.7 Å². The predicted molar refractivity (Wildman–Crippen MR) is 73.7 cm³/mol. The van der Waals surface area contributed by atoms with Gasteiger partial charge in [0.2, 0.25) is 0 Å². The molecular weight excluding hydrogens is 212 g/mol. The minimum atomic E-state index is 1.02. The molecule has 0 aliphatic rings. The Morgan fingerprint density at radius 2 is 1.56 bits per heavy atom. The summed E-state index contributed by atoms with van der Waals surface area (Å²) in [6.07, 6.45) is 2.18. The van der Waals surface area contributed by atoms with Crippen LogP contribution in [0.2, 0.25) is 0 Å². The Kier molecular flexibility index (Phi) is 3.47. The lowest BCUT2D eigenvalue weighted by molar-refractivity contribution is 1.40. The summed E-state index contributed by atoms with van der Waals surface area (Å²) in [6.45, 7) is 2.11. The van der Waals surface area contributed by atoms with E-state index in [1.54, 1.807) is 0 Å². The Hall–Kier alpha value is -1.47. The second-order valence-electron chi connectivity index (χ2n) is 3.76. The smallest absolute Gasteiger partial charge is 0.0115 e. The standard InChI is InChI=1S/C15H14S/c1-12(11-13-7-3-2-4-8-13)14-9-5-6-10-15(14)16/h2-11,16H,1H3/b12-11+. The summed E-state index contributed by atoms with van der Waals surface area (Å²) in [4.78, 5) is 1.02. The number of rotatable bonds is 2. The van der Waals surface area contributed by atoms with Crippen LogP contribution in [-0.4, -0.2) is 0 Å². The SMILES string of the molecule is C/C(=C\c1ccccc1)c1ccccc1S. The maximum Gasteiger partial charge on any atom is 0.0115 e. The largest absolute Gasteiger partial charge is 0.143 e. The van der Waals surface area contributed by atoms with Crippen molar-refractivity contribution in [2.45, 2.75) is 11.8 Å². The predicted octanol–water partition coefficient (Wildman–Crippen LogP) is 4.54. The first-order valence-corrected chi connectivity index (χ1v) is 5.74. The zero-order chi connectivity index (χ0) is 11.4. The molecule has 2 rings (SSSR count). The minimum Gasteiger partial charge on any atom is -0.143 e. The first-order chi connectivity index (χ1) is 7.77. The van der Waals surface area contributed by atoms with Crippen molar-refractivity contribution in [2.75, 3.05) is 0 Å². The van der Waals surface area contributed by atoms with E-state index in [2.05, 4.69) is 43.8 Å². The molecule has 0 amide bonds. The second kappa shape index (κ2) is 5.04. The van der Waals surface area contributed by atoms with Crippen molar-refractivity contribution in [3.63, 3.8) is 0 Å². The molecule has 0 saturated carbocycles. The molecule has 0 radical (unpaired) electrons. The maximum atomic E-state index is 4.46. The van der Waals surface area contributed by atoms with Gasteiger partial charge in [0, 0.05) is 4.90 Å². The van der Waals surface area contributed by atoms with Gasteiger partial charge in [-0.15, -0.1) is 12.6 Å². The normalized spacial score (nSPS) is 11.5. The highest BCUT2D eigenvalue weighted by atomic mass is 32.1. The Morgan fingerprint density at radius 1 is 0.938 bits per heavy atom. The summed E-state index contributed by atoms with van der Waals surface area (Å²) >= 11 is 4.46. The fourth-order valence-corrected chi connectivity index (χ4v) is 2.02. The number of allylic oxidation sites excluding steroid dienone is 1. The summed E-state index contributed by atoms with van der Waals surface area (Å²) in [5.74, 6) is 0. The highest BCUT2D eigenvalue weighted by molar-refractivity contribution is 7.80. The third-order valence-corrected chi connectivity index (χ3v) is 2.90. The molecule has 0 saturated heterocycles. The van der Waals surface area contributed by atoms with Crippen molar-refractivity contribution >= 4 is 24.3 Å². The van der Waals surface area contributed by atoms with Crippen molar-refractivity contribution < 1.29 is 0 Å². The van der Waals surface area contributed by atoms with Gasteiger partial charge < -0.3 is 0 Å². The minimum absolute atomic E-state index is 1.02. The molecule has 2 aromatic rings. The summed E-state index contributed by atoms with van der Waals surface area (Å²) < 4.78 is 0. The molecule has 0 fully saturated rings. The summed E-state index contributed by atoms with van der Waals surface area (Å²) in [7, 11) is 0. The number of benzene rings is 2. The van der Waals surface area contributed by atoms with E-state index < -0.39 is 0 Å². The van der Waals surface area contributed by atoms with E-state index in [4.69, 9.17) is 0 Å². The van der Waals surface area contributed by atoms with Crippen LogP contribution >= 0.6 is 12.6 Å². The lowest BCUT2D eigenvalue weighted by Gasteiger charge is -2.05. The Morgan fingerprint density at radius 3 is 2.25 bits per heavy atom. The Labute approximate surface area is 102 Å². The summed E-state index contributed by atoms with van der Waals surface area (Å²) in [5.41, 5.74) is 3.64. The molecule has 0 aliphatic heterocycles. The molecule has 16 heavy (non-hydrogen) atoms. The van der Waals surface area contributed by atoms with Gasteiger partial charge >= 0.3 is 0 Å².